The van der Waals surface area contributed by atoms with Gasteiger partial charge in [0.15, 0.2) is 5.82 Å². The SMILES string of the molecule is Cl.Cl.O=C(NCCn1ccc2ncnc(Nc3ccc(Oc4cccc5sncc45)c(Cl)c3)c21)[C@@H]1CCCN1. The highest BCUT2D eigenvalue weighted by molar-refractivity contribution is 7.13. The van der Waals surface area contributed by atoms with E-state index in [0.717, 1.165) is 46.2 Å². The summed E-state index contributed by atoms with van der Waals surface area (Å²) in [6.45, 7) is 2.01. The summed E-state index contributed by atoms with van der Waals surface area (Å²) >= 11 is 8.01. The number of halogens is 3. The summed E-state index contributed by atoms with van der Waals surface area (Å²) in [5.41, 5.74) is 2.43. The molecule has 5 aromatic rings. The van der Waals surface area contributed by atoms with Crippen molar-refractivity contribution < 1.29 is 9.53 Å². The number of nitrogens with zero attached hydrogens (tertiary/aromatic N) is 4. The first kappa shape index (κ1) is 28.8. The Bertz CT molecular complexity index is 1590. The number of ether oxygens (including phenoxy) is 1. The van der Waals surface area contributed by atoms with Crippen LogP contribution in [0.15, 0.2) is 61.2 Å². The van der Waals surface area contributed by atoms with Crippen LogP contribution in [0.1, 0.15) is 12.8 Å². The van der Waals surface area contributed by atoms with Crippen molar-refractivity contribution in [2.45, 2.75) is 25.4 Å². The largest absolute Gasteiger partial charge is 0.455 e. The third-order valence-corrected chi connectivity index (χ3v) is 7.41. The Kier molecular flexibility index (Phi) is 9.47. The molecule has 2 aromatic carbocycles. The Morgan fingerprint density at radius 3 is 2.90 bits per heavy atom. The predicted octanol–water partition coefficient (Wildman–Crippen LogP) is 5.94. The molecule has 1 fully saturated rings. The Labute approximate surface area is 246 Å². The van der Waals surface area contributed by atoms with Crippen molar-refractivity contribution in [3.63, 3.8) is 0 Å². The molecule has 1 saturated heterocycles. The molecule has 4 heterocycles. The van der Waals surface area contributed by atoms with Gasteiger partial charge in [-0.25, -0.2) is 9.97 Å². The van der Waals surface area contributed by atoms with Crippen molar-refractivity contribution in [2.24, 2.45) is 0 Å². The molecule has 13 heteroatoms. The number of benzene rings is 2. The van der Waals surface area contributed by atoms with E-state index in [1.165, 1.54) is 17.9 Å². The second-order valence-corrected chi connectivity index (χ2v) is 10.0. The number of rotatable bonds is 8. The average Bonchev–Trinajstić information content (AvgIpc) is 3.67. The topological polar surface area (TPSA) is 106 Å². The van der Waals surface area contributed by atoms with Crippen LogP contribution in [-0.2, 0) is 11.3 Å². The second-order valence-electron chi connectivity index (χ2n) is 8.77. The number of hydrogen-bond donors (Lipinski definition) is 3. The number of nitrogens with one attached hydrogen (secondary N) is 3. The van der Waals surface area contributed by atoms with Crippen molar-refractivity contribution in [3.8, 4) is 11.5 Å². The van der Waals surface area contributed by atoms with Gasteiger partial charge in [0, 0.05) is 25.0 Å². The summed E-state index contributed by atoms with van der Waals surface area (Å²) in [4.78, 5) is 21.2. The van der Waals surface area contributed by atoms with Crippen LogP contribution in [0.3, 0.4) is 0 Å². The highest BCUT2D eigenvalue weighted by Crippen LogP contribution is 2.36. The third kappa shape index (κ3) is 6.21. The van der Waals surface area contributed by atoms with E-state index >= 15 is 0 Å². The molecule has 0 saturated carbocycles. The van der Waals surface area contributed by atoms with E-state index < -0.39 is 0 Å². The molecule has 39 heavy (non-hydrogen) atoms. The molecule has 0 radical (unpaired) electrons. The zero-order valence-corrected chi connectivity index (χ0v) is 23.8. The predicted molar refractivity (Wildman–Crippen MR) is 160 cm³/mol. The quantitative estimate of drug-likeness (QED) is 0.201. The van der Waals surface area contributed by atoms with Gasteiger partial charge in [-0.05, 0) is 67.3 Å². The van der Waals surface area contributed by atoms with Crippen molar-refractivity contribution in [1.29, 1.82) is 0 Å². The molecular formula is C26H26Cl3N7O2S. The van der Waals surface area contributed by atoms with E-state index in [1.807, 2.05) is 47.2 Å². The summed E-state index contributed by atoms with van der Waals surface area (Å²) in [5.74, 6) is 1.96. The minimum atomic E-state index is -0.0894. The van der Waals surface area contributed by atoms with Crippen LogP contribution in [-0.4, -0.2) is 43.9 Å². The van der Waals surface area contributed by atoms with E-state index in [0.29, 0.717) is 35.4 Å². The molecule has 0 unspecified atom stereocenters. The Balaban J connectivity index is 0.00000176. The Morgan fingerprint density at radius 2 is 2.08 bits per heavy atom. The van der Waals surface area contributed by atoms with Gasteiger partial charge in [-0.3, -0.25) is 4.79 Å². The molecule has 9 nitrogen and oxygen atoms in total. The molecule has 1 atom stereocenters. The van der Waals surface area contributed by atoms with Crippen molar-refractivity contribution >= 4 is 86.5 Å². The molecule has 0 aliphatic carbocycles. The first-order valence-electron chi connectivity index (χ1n) is 12.0. The molecule has 1 aliphatic rings. The molecule has 3 aromatic heterocycles. The van der Waals surface area contributed by atoms with E-state index in [1.54, 1.807) is 12.3 Å². The lowest BCUT2D eigenvalue weighted by Gasteiger charge is -2.14. The van der Waals surface area contributed by atoms with Gasteiger partial charge in [-0.2, -0.15) is 4.37 Å². The van der Waals surface area contributed by atoms with Crippen LogP contribution in [0.2, 0.25) is 5.02 Å². The van der Waals surface area contributed by atoms with Crippen LogP contribution in [0, 0.1) is 0 Å². The zero-order valence-electron chi connectivity index (χ0n) is 20.6. The highest BCUT2D eigenvalue weighted by atomic mass is 35.5. The number of fused-ring (bicyclic) bond motifs is 2. The summed E-state index contributed by atoms with van der Waals surface area (Å²) in [7, 11) is 0. The van der Waals surface area contributed by atoms with E-state index in [4.69, 9.17) is 16.3 Å². The fraction of sp³-hybridized carbons (Fsp3) is 0.231. The van der Waals surface area contributed by atoms with E-state index in [9.17, 15) is 4.79 Å². The molecule has 6 rings (SSSR count). The second kappa shape index (κ2) is 12.8. The normalized spacial score (nSPS) is 14.5. The summed E-state index contributed by atoms with van der Waals surface area (Å²) < 4.78 is 13.4. The van der Waals surface area contributed by atoms with Gasteiger partial charge >= 0.3 is 0 Å². The minimum Gasteiger partial charge on any atom is -0.455 e. The fourth-order valence-electron chi connectivity index (χ4n) is 4.51. The minimum absolute atomic E-state index is 0. The van der Waals surface area contributed by atoms with Crippen LogP contribution < -0.4 is 20.7 Å². The maximum absolute atomic E-state index is 12.3. The third-order valence-electron chi connectivity index (χ3n) is 6.35. The Hall–Kier alpha value is -3.15. The van der Waals surface area contributed by atoms with Crippen molar-refractivity contribution in [3.05, 3.63) is 66.2 Å². The van der Waals surface area contributed by atoms with Crippen LogP contribution in [0.4, 0.5) is 11.5 Å². The molecule has 1 aliphatic heterocycles. The number of aromatic nitrogens is 4. The van der Waals surface area contributed by atoms with Gasteiger partial charge < -0.3 is 25.3 Å². The summed E-state index contributed by atoms with van der Waals surface area (Å²) in [6.07, 6.45) is 7.19. The average molecular weight is 607 g/mol. The number of carbonyl (C=O) groups is 1. The van der Waals surface area contributed by atoms with Crippen LogP contribution in [0.25, 0.3) is 21.1 Å². The molecule has 1 amide bonds. The molecule has 0 spiro atoms. The Morgan fingerprint density at radius 1 is 1.18 bits per heavy atom. The van der Waals surface area contributed by atoms with E-state index in [-0.39, 0.29) is 36.8 Å². The van der Waals surface area contributed by atoms with Crippen LogP contribution in [0.5, 0.6) is 11.5 Å². The molecule has 3 N–H and O–H groups in total. The number of hydrogen-bond acceptors (Lipinski definition) is 8. The fourth-order valence-corrected chi connectivity index (χ4v) is 5.40. The smallest absolute Gasteiger partial charge is 0.237 e. The summed E-state index contributed by atoms with van der Waals surface area (Å²) in [6, 6.07) is 13.2. The highest BCUT2D eigenvalue weighted by Gasteiger charge is 2.21. The van der Waals surface area contributed by atoms with Crippen LogP contribution >= 0.6 is 47.9 Å². The van der Waals surface area contributed by atoms with Crippen molar-refractivity contribution in [2.75, 3.05) is 18.4 Å². The first-order chi connectivity index (χ1) is 18.2. The maximum Gasteiger partial charge on any atom is 0.237 e. The lowest BCUT2D eigenvalue weighted by molar-refractivity contribution is -0.122. The van der Waals surface area contributed by atoms with Crippen molar-refractivity contribution in [1.82, 2.24) is 29.5 Å². The lowest BCUT2D eigenvalue weighted by Crippen LogP contribution is -2.41. The van der Waals surface area contributed by atoms with Gasteiger partial charge in [0.2, 0.25) is 5.91 Å². The van der Waals surface area contributed by atoms with E-state index in [2.05, 4.69) is 30.3 Å². The standard InChI is InChI=1S/C26H24ClN7O2S.2ClH/c27-18-13-16(6-7-22(18)36-21-4-1-5-23-17(21)14-32-37-23)33-25-24-19(30-15-31-25)8-11-34(24)12-10-29-26(35)20-3-2-9-28-20;;/h1,4-8,11,13-15,20,28H,2-3,9-10,12H2,(H,29,35)(H,30,31,33);2*1H/t20-;;/m0../s1. The van der Waals surface area contributed by atoms with Gasteiger partial charge in [0.1, 0.15) is 23.3 Å². The number of carbonyl (C=O) groups excluding carboxylic acids is 1. The molecular weight excluding hydrogens is 581 g/mol. The lowest BCUT2D eigenvalue weighted by atomic mass is 10.2. The van der Waals surface area contributed by atoms with Gasteiger partial charge in [-0.15, -0.1) is 24.8 Å². The zero-order chi connectivity index (χ0) is 25.2. The van der Waals surface area contributed by atoms with Gasteiger partial charge in [0.05, 0.1) is 32.9 Å². The van der Waals surface area contributed by atoms with Gasteiger partial charge in [-0.1, -0.05) is 17.7 Å². The van der Waals surface area contributed by atoms with Gasteiger partial charge in [0.25, 0.3) is 0 Å². The number of anilines is 2. The monoisotopic (exact) mass is 605 g/mol. The first-order valence-corrected chi connectivity index (χ1v) is 13.2. The molecule has 0 bridgehead atoms. The molecule has 204 valence electrons. The summed E-state index contributed by atoms with van der Waals surface area (Å²) in [5, 5.41) is 11.0. The number of amides is 1. The maximum atomic E-state index is 12.3.